The Balaban J connectivity index is 0.00000208. The van der Waals surface area contributed by atoms with E-state index in [2.05, 4.69) is 23.0 Å². The van der Waals surface area contributed by atoms with Crippen LogP contribution in [-0.4, -0.2) is 35.4 Å². The van der Waals surface area contributed by atoms with Gasteiger partial charge in [0.1, 0.15) is 0 Å². The molecule has 6 heteroatoms. The van der Waals surface area contributed by atoms with Crippen LogP contribution in [0.15, 0.2) is 24.3 Å². The number of carbonyl (C=O) groups is 1. The lowest BCUT2D eigenvalue weighted by Crippen LogP contribution is -2.32. The van der Waals surface area contributed by atoms with E-state index in [0.29, 0.717) is 18.6 Å². The second kappa shape index (κ2) is 8.49. The van der Waals surface area contributed by atoms with Gasteiger partial charge in [-0.05, 0) is 51.8 Å². The Morgan fingerprint density at radius 3 is 2.79 bits per heavy atom. The number of piperidine rings is 1. The van der Waals surface area contributed by atoms with E-state index in [1.165, 1.54) is 12.8 Å². The Bertz CT molecular complexity index is 680. The van der Waals surface area contributed by atoms with Gasteiger partial charge in [0, 0.05) is 5.39 Å². The van der Waals surface area contributed by atoms with Crippen LogP contribution in [0.1, 0.15) is 38.4 Å². The lowest BCUT2D eigenvalue weighted by atomic mass is 9.91. The highest BCUT2D eigenvalue weighted by Crippen LogP contribution is 2.30. The molecule has 1 aliphatic rings. The van der Waals surface area contributed by atoms with Crippen molar-refractivity contribution in [3.8, 4) is 0 Å². The third kappa shape index (κ3) is 3.90. The van der Waals surface area contributed by atoms with Gasteiger partial charge < -0.3 is 10.1 Å². The molecule has 0 aliphatic carbocycles. The monoisotopic (exact) mass is 351 g/mol. The molecule has 3 rings (SSSR count). The maximum Gasteiger partial charge on any atom is 0.311 e. The van der Waals surface area contributed by atoms with Crippen LogP contribution in [-0.2, 0) is 16.0 Å². The largest absolute Gasteiger partial charge is 0.466 e. The van der Waals surface area contributed by atoms with Crippen LogP contribution < -0.4 is 5.32 Å². The average Bonchev–Trinajstić information content (AvgIpc) is 2.94. The molecule has 132 valence electrons. The van der Waals surface area contributed by atoms with E-state index < -0.39 is 0 Å². The number of esters is 1. The molecule has 1 fully saturated rings. The second-order valence-electron chi connectivity index (χ2n) is 6.22. The van der Waals surface area contributed by atoms with Crippen LogP contribution in [0, 0.1) is 5.92 Å². The molecule has 0 amide bonds. The van der Waals surface area contributed by atoms with Crippen LogP contribution in [0.25, 0.3) is 10.9 Å². The highest BCUT2D eigenvalue weighted by atomic mass is 35.5. The molecule has 2 aromatic rings. The number of hydrogen-bond donors (Lipinski definition) is 1. The third-order valence-electron chi connectivity index (χ3n) is 4.76. The van der Waals surface area contributed by atoms with Crippen molar-refractivity contribution in [2.24, 2.45) is 5.92 Å². The van der Waals surface area contributed by atoms with Gasteiger partial charge in [-0.1, -0.05) is 18.2 Å². The van der Waals surface area contributed by atoms with Gasteiger partial charge >= 0.3 is 5.97 Å². The van der Waals surface area contributed by atoms with Gasteiger partial charge in [-0.25, -0.2) is 0 Å². The zero-order valence-electron chi connectivity index (χ0n) is 14.3. The number of benzene rings is 1. The summed E-state index contributed by atoms with van der Waals surface area (Å²) in [5, 5.41) is 9.25. The Morgan fingerprint density at radius 1 is 1.38 bits per heavy atom. The molecule has 1 atom stereocenters. The van der Waals surface area contributed by atoms with Gasteiger partial charge in [-0.15, -0.1) is 12.4 Å². The zero-order valence-corrected chi connectivity index (χ0v) is 15.1. The van der Waals surface area contributed by atoms with Crippen LogP contribution >= 0.6 is 12.4 Å². The van der Waals surface area contributed by atoms with Crippen LogP contribution in [0.3, 0.4) is 0 Å². The van der Waals surface area contributed by atoms with Crippen molar-refractivity contribution in [2.75, 3.05) is 19.7 Å². The first-order chi connectivity index (χ1) is 11.2. The van der Waals surface area contributed by atoms with Crippen molar-refractivity contribution >= 4 is 29.3 Å². The minimum Gasteiger partial charge on any atom is -0.466 e. The molecule has 0 saturated carbocycles. The molecule has 0 spiro atoms. The number of aromatic nitrogens is 2. The molecule has 0 radical (unpaired) electrons. The van der Waals surface area contributed by atoms with Gasteiger partial charge in [0.2, 0.25) is 0 Å². The Labute approximate surface area is 149 Å². The van der Waals surface area contributed by atoms with Crippen LogP contribution in [0.5, 0.6) is 0 Å². The van der Waals surface area contributed by atoms with E-state index in [0.717, 1.165) is 29.7 Å². The van der Waals surface area contributed by atoms with E-state index in [-0.39, 0.29) is 24.8 Å². The van der Waals surface area contributed by atoms with Crippen molar-refractivity contribution in [3.63, 3.8) is 0 Å². The van der Waals surface area contributed by atoms with Crippen LogP contribution in [0.2, 0.25) is 0 Å². The number of rotatable bonds is 5. The molecule has 1 aliphatic heterocycles. The standard InChI is InChI=1S/C18H25N3O2.ClH/c1-3-23-18(22)12-16-15-6-4-5-7-17(15)21(20-16)13(2)14-8-10-19-11-9-14;/h4-7,13-14,19H,3,8-12H2,1-2H3;1H. The minimum absolute atomic E-state index is 0. The van der Waals surface area contributed by atoms with Crippen molar-refractivity contribution in [2.45, 2.75) is 39.2 Å². The Kier molecular flexibility index (Phi) is 6.63. The average molecular weight is 352 g/mol. The molecular weight excluding hydrogens is 326 g/mol. The topological polar surface area (TPSA) is 56.1 Å². The summed E-state index contributed by atoms with van der Waals surface area (Å²) in [4.78, 5) is 11.9. The SMILES string of the molecule is CCOC(=O)Cc1nn(C(C)C2CCNCC2)c2ccccc12.Cl. The summed E-state index contributed by atoms with van der Waals surface area (Å²) in [5.41, 5.74) is 1.93. The predicted molar refractivity (Wildman–Crippen MR) is 97.6 cm³/mol. The number of hydrogen-bond acceptors (Lipinski definition) is 4. The molecular formula is C18H26ClN3O2. The van der Waals surface area contributed by atoms with E-state index in [1.54, 1.807) is 0 Å². The van der Waals surface area contributed by atoms with Crippen molar-refractivity contribution < 1.29 is 9.53 Å². The minimum atomic E-state index is -0.211. The quantitative estimate of drug-likeness (QED) is 0.841. The molecule has 0 bridgehead atoms. The van der Waals surface area contributed by atoms with Crippen LogP contribution in [0.4, 0.5) is 0 Å². The summed E-state index contributed by atoms with van der Waals surface area (Å²) < 4.78 is 7.20. The number of ether oxygens (including phenoxy) is 1. The predicted octanol–water partition coefficient (Wildman–Crippen LogP) is 3.12. The lowest BCUT2D eigenvalue weighted by molar-refractivity contribution is -0.142. The molecule has 1 saturated heterocycles. The summed E-state index contributed by atoms with van der Waals surface area (Å²) in [7, 11) is 0. The summed E-state index contributed by atoms with van der Waals surface area (Å²) in [6.07, 6.45) is 2.57. The van der Waals surface area contributed by atoms with Gasteiger partial charge in [0.25, 0.3) is 0 Å². The summed E-state index contributed by atoms with van der Waals surface area (Å²) >= 11 is 0. The maximum atomic E-state index is 11.9. The van der Waals surface area contributed by atoms with E-state index >= 15 is 0 Å². The second-order valence-corrected chi connectivity index (χ2v) is 6.22. The number of para-hydroxylation sites is 1. The molecule has 1 unspecified atom stereocenters. The first kappa shape index (κ1) is 18.7. The summed E-state index contributed by atoms with van der Waals surface area (Å²) in [5.74, 6) is 0.410. The molecule has 24 heavy (non-hydrogen) atoms. The fourth-order valence-electron chi connectivity index (χ4n) is 3.47. The smallest absolute Gasteiger partial charge is 0.311 e. The summed E-state index contributed by atoms with van der Waals surface area (Å²) in [6, 6.07) is 8.50. The first-order valence-electron chi connectivity index (χ1n) is 8.53. The van der Waals surface area contributed by atoms with E-state index in [4.69, 9.17) is 9.84 Å². The highest BCUT2D eigenvalue weighted by Gasteiger charge is 2.24. The molecule has 1 aromatic carbocycles. The number of halogens is 1. The van der Waals surface area contributed by atoms with E-state index in [1.807, 2.05) is 25.1 Å². The Morgan fingerprint density at radius 2 is 2.08 bits per heavy atom. The fraction of sp³-hybridized carbons (Fsp3) is 0.556. The van der Waals surface area contributed by atoms with Gasteiger partial charge in [-0.3, -0.25) is 9.48 Å². The van der Waals surface area contributed by atoms with Crippen molar-refractivity contribution in [1.29, 1.82) is 0 Å². The maximum absolute atomic E-state index is 11.9. The van der Waals surface area contributed by atoms with Gasteiger partial charge in [-0.2, -0.15) is 5.10 Å². The van der Waals surface area contributed by atoms with Crippen molar-refractivity contribution in [3.05, 3.63) is 30.0 Å². The molecule has 2 heterocycles. The fourth-order valence-corrected chi connectivity index (χ4v) is 3.47. The number of fused-ring (bicyclic) bond motifs is 1. The summed E-state index contributed by atoms with van der Waals surface area (Å²) in [6.45, 7) is 6.62. The number of carbonyl (C=O) groups excluding carboxylic acids is 1. The van der Waals surface area contributed by atoms with Gasteiger partial charge in [0.15, 0.2) is 0 Å². The van der Waals surface area contributed by atoms with Crippen molar-refractivity contribution in [1.82, 2.24) is 15.1 Å². The number of nitrogens with one attached hydrogen (secondary N) is 1. The first-order valence-corrected chi connectivity index (χ1v) is 8.53. The lowest BCUT2D eigenvalue weighted by Gasteiger charge is -2.28. The Hall–Kier alpha value is -1.59. The normalized spacial score (nSPS) is 16.6. The molecule has 1 N–H and O–H groups in total. The third-order valence-corrected chi connectivity index (χ3v) is 4.76. The van der Waals surface area contributed by atoms with Gasteiger partial charge in [0.05, 0.1) is 30.3 Å². The highest BCUT2D eigenvalue weighted by molar-refractivity contribution is 5.86. The molecule has 1 aromatic heterocycles. The number of nitrogens with zero attached hydrogens (tertiary/aromatic N) is 2. The van der Waals surface area contributed by atoms with E-state index in [9.17, 15) is 4.79 Å². The molecule has 5 nitrogen and oxygen atoms in total. The zero-order chi connectivity index (χ0) is 16.2.